The third kappa shape index (κ3) is 2.98. The van der Waals surface area contributed by atoms with E-state index in [4.69, 9.17) is 14.9 Å². The van der Waals surface area contributed by atoms with E-state index in [0.29, 0.717) is 0 Å². The number of aliphatic hydroxyl groups is 4. The van der Waals surface area contributed by atoms with Crippen LogP contribution in [0.3, 0.4) is 0 Å². The van der Waals surface area contributed by atoms with Crippen molar-refractivity contribution in [3.63, 3.8) is 0 Å². The number of H-pyrrole nitrogens is 1. The third-order valence-corrected chi connectivity index (χ3v) is 3.70. The summed E-state index contributed by atoms with van der Waals surface area (Å²) in [5.41, 5.74) is -0.635. The van der Waals surface area contributed by atoms with Crippen LogP contribution in [0, 0.1) is 0 Å². The molecule has 0 aromatic carbocycles. The van der Waals surface area contributed by atoms with Crippen LogP contribution in [0.1, 0.15) is 6.23 Å². The third-order valence-electron chi connectivity index (χ3n) is 3.70. The topological polar surface area (TPSA) is 183 Å². The number of carbonyl (C=O) groups is 1. The minimum atomic E-state index is -1.37. The highest BCUT2D eigenvalue weighted by Crippen LogP contribution is 2.30. The van der Waals surface area contributed by atoms with E-state index < -0.39 is 42.5 Å². The lowest BCUT2D eigenvalue weighted by molar-refractivity contribution is -0.106. The van der Waals surface area contributed by atoms with Crippen molar-refractivity contribution in [2.24, 2.45) is 0 Å². The average Bonchev–Trinajstić information content (AvgIpc) is 3.15. The zero-order valence-electron chi connectivity index (χ0n) is 12.6. The number of imidazole rings is 1. The maximum Gasteiger partial charge on any atom is 0.280 e. The fraction of sp³-hybridized carbons (Fsp3) is 0.385. The van der Waals surface area contributed by atoms with Crippen molar-refractivity contribution >= 4 is 23.4 Å². The van der Waals surface area contributed by atoms with Crippen LogP contribution in [0.15, 0.2) is 23.1 Å². The van der Waals surface area contributed by atoms with Crippen molar-refractivity contribution in [3.8, 4) is 0 Å². The summed E-state index contributed by atoms with van der Waals surface area (Å²) >= 11 is 0. The second-order valence-electron chi connectivity index (χ2n) is 5.30. The SMILES string of the molecule is O=C/C(O)=C/Nc1nc2c(ncn2[C@@H]2O[C@H](CO)[C@@H](O)[C@H]2O)c(=O)[nH]1. The summed E-state index contributed by atoms with van der Waals surface area (Å²) in [4.78, 5) is 32.8. The Balaban J connectivity index is 2.01. The Bertz CT molecular complexity index is 875. The first-order chi connectivity index (χ1) is 12.0. The molecule has 1 aliphatic heterocycles. The molecule has 0 amide bonds. The number of nitrogens with one attached hydrogen (secondary N) is 2. The van der Waals surface area contributed by atoms with Crippen LogP contribution in [0.25, 0.3) is 11.2 Å². The van der Waals surface area contributed by atoms with Crippen molar-refractivity contribution in [2.45, 2.75) is 24.5 Å². The molecular weight excluding hydrogens is 338 g/mol. The number of carbonyl (C=O) groups excluding carboxylic acids is 1. The molecule has 2 aromatic rings. The van der Waals surface area contributed by atoms with Gasteiger partial charge < -0.3 is 30.5 Å². The Morgan fingerprint density at radius 3 is 2.84 bits per heavy atom. The Hall–Kier alpha value is -2.80. The van der Waals surface area contributed by atoms with E-state index in [1.807, 2.05) is 0 Å². The summed E-state index contributed by atoms with van der Waals surface area (Å²) in [6.45, 7) is -0.502. The number of allylic oxidation sites excluding steroid dienone is 1. The van der Waals surface area contributed by atoms with E-state index in [0.717, 1.165) is 6.20 Å². The summed E-state index contributed by atoms with van der Waals surface area (Å²) in [6.07, 6.45) is -2.49. The lowest BCUT2D eigenvalue weighted by atomic mass is 10.1. The van der Waals surface area contributed by atoms with E-state index in [9.17, 15) is 19.8 Å². The lowest BCUT2D eigenvalue weighted by Gasteiger charge is -2.16. The molecule has 0 spiro atoms. The highest BCUT2D eigenvalue weighted by molar-refractivity contribution is 5.72. The summed E-state index contributed by atoms with van der Waals surface area (Å²) in [5, 5.41) is 40.6. The first-order valence-corrected chi connectivity index (χ1v) is 7.16. The lowest BCUT2D eigenvalue weighted by Crippen LogP contribution is -2.33. The maximum atomic E-state index is 12.1. The highest BCUT2D eigenvalue weighted by atomic mass is 16.6. The van der Waals surface area contributed by atoms with Gasteiger partial charge >= 0.3 is 0 Å². The van der Waals surface area contributed by atoms with Crippen LogP contribution in [0.2, 0.25) is 0 Å². The number of hydrogen-bond donors (Lipinski definition) is 6. The zero-order valence-corrected chi connectivity index (χ0v) is 12.6. The Morgan fingerprint density at radius 2 is 2.20 bits per heavy atom. The molecule has 134 valence electrons. The van der Waals surface area contributed by atoms with Crippen LogP contribution in [0.4, 0.5) is 5.95 Å². The molecule has 2 aromatic heterocycles. The second-order valence-corrected chi connectivity index (χ2v) is 5.30. The quantitative estimate of drug-likeness (QED) is 0.195. The van der Waals surface area contributed by atoms with Crippen LogP contribution in [-0.4, -0.2) is 71.2 Å². The molecule has 1 fully saturated rings. The van der Waals surface area contributed by atoms with E-state index >= 15 is 0 Å². The molecule has 25 heavy (non-hydrogen) atoms. The first kappa shape index (κ1) is 17.0. The normalized spacial score (nSPS) is 26.9. The number of nitrogens with zero attached hydrogens (tertiary/aromatic N) is 3. The average molecular weight is 353 g/mol. The van der Waals surface area contributed by atoms with E-state index in [1.54, 1.807) is 0 Å². The van der Waals surface area contributed by atoms with Crippen molar-refractivity contribution in [1.29, 1.82) is 0 Å². The number of anilines is 1. The molecule has 4 atom stereocenters. The molecular formula is C13H15N5O7. The molecule has 12 heteroatoms. The maximum absolute atomic E-state index is 12.1. The van der Waals surface area contributed by atoms with Crippen LogP contribution in [0.5, 0.6) is 0 Å². The number of aromatic nitrogens is 4. The van der Waals surface area contributed by atoms with Gasteiger partial charge in [0.15, 0.2) is 29.4 Å². The van der Waals surface area contributed by atoms with Gasteiger partial charge in [-0.3, -0.25) is 19.1 Å². The molecule has 6 N–H and O–H groups in total. The largest absolute Gasteiger partial charge is 0.504 e. The first-order valence-electron chi connectivity index (χ1n) is 7.16. The van der Waals surface area contributed by atoms with E-state index in [1.165, 1.54) is 10.9 Å². The van der Waals surface area contributed by atoms with Crippen molar-refractivity contribution in [1.82, 2.24) is 19.5 Å². The van der Waals surface area contributed by atoms with Gasteiger partial charge in [-0.05, 0) is 0 Å². The molecule has 0 aliphatic carbocycles. The standard InChI is InChI=1S/C13H15N5O7/c19-2-5(21)1-14-13-16-10-7(11(24)17-13)15-4-18(10)12-9(23)8(22)6(3-20)25-12/h1-2,4,6,8-9,12,20-23H,3H2,(H2,14,16,17,24)/b5-1-/t6-,8-,9-,12-/m1/s1. The summed E-state index contributed by atoms with van der Waals surface area (Å²) < 4.78 is 6.62. The predicted octanol–water partition coefficient (Wildman–Crippen LogP) is -2.26. The van der Waals surface area contributed by atoms with Gasteiger partial charge in [-0.2, -0.15) is 4.98 Å². The predicted molar refractivity (Wildman–Crippen MR) is 81.6 cm³/mol. The van der Waals surface area contributed by atoms with Gasteiger partial charge in [0.25, 0.3) is 5.56 Å². The highest BCUT2D eigenvalue weighted by Gasteiger charge is 2.44. The molecule has 0 bridgehead atoms. The molecule has 3 rings (SSSR count). The number of aldehydes is 1. The zero-order chi connectivity index (χ0) is 18.1. The van der Waals surface area contributed by atoms with Gasteiger partial charge in [0.05, 0.1) is 12.9 Å². The fourth-order valence-electron chi connectivity index (χ4n) is 2.47. The Kier molecular flexibility index (Phi) is 4.50. The number of rotatable bonds is 5. The van der Waals surface area contributed by atoms with E-state index in [-0.39, 0.29) is 23.4 Å². The molecule has 3 heterocycles. The van der Waals surface area contributed by atoms with Crippen molar-refractivity contribution in [2.75, 3.05) is 11.9 Å². The number of ether oxygens (including phenoxy) is 1. The van der Waals surface area contributed by atoms with Crippen LogP contribution >= 0.6 is 0 Å². The number of aliphatic hydroxyl groups excluding tert-OH is 4. The van der Waals surface area contributed by atoms with Gasteiger partial charge in [0.1, 0.15) is 18.3 Å². The monoisotopic (exact) mass is 353 g/mol. The Labute approximate surface area is 139 Å². The van der Waals surface area contributed by atoms with Gasteiger partial charge in [0, 0.05) is 6.20 Å². The summed E-state index contributed by atoms with van der Waals surface area (Å²) in [5.74, 6) is -0.709. The van der Waals surface area contributed by atoms with E-state index in [2.05, 4.69) is 20.3 Å². The minimum Gasteiger partial charge on any atom is -0.504 e. The van der Waals surface area contributed by atoms with Crippen LogP contribution < -0.4 is 10.9 Å². The van der Waals surface area contributed by atoms with Gasteiger partial charge in [0.2, 0.25) is 5.95 Å². The van der Waals surface area contributed by atoms with Gasteiger partial charge in [-0.1, -0.05) is 0 Å². The second kappa shape index (κ2) is 6.60. The molecule has 0 radical (unpaired) electrons. The van der Waals surface area contributed by atoms with Gasteiger partial charge in [-0.25, -0.2) is 4.98 Å². The number of hydrogen-bond acceptors (Lipinski definition) is 10. The fourth-order valence-corrected chi connectivity index (χ4v) is 2.47. The van der Waals surface area contributed by atoms with Crippen LogP contribution in [-0.2, 0) is 9.53 Å². The number of fused-ring (bicyclic) bond motifs is 1. The van der Waals surface area contributed by atoms with Crippen molar-refractivity contribution in [3.05, 3.63) is 28.6 Å². The molecule has 0 unspecified atom stereocenters. The number of aromatic amines is 1. The smallest absolute Gasteiger partial charge is 0.280 e. The molecule has 0 saturated carbocycles. The molecule has 12 nitrogen and oxygen atoms in total. The minimum absolute atomic E-state index is 0.0279. The van der Waals surface area contributed by atoms with Gasteiger partial charge in [-0.15, -0.1) is 0 Å². The molecule has 1 aliphatic rings. The summed E-state index contributed by atoms with van der Waals surface area (Å²) in [7, 11) is 0. The van der Waals surface area contributed by atoms with Crippen molar-refractivity contribution < 1.29 is 30.0 Å². The summed E-state index contributed by atoms with van der Waals surface area (Å²) in [6, 6.07) is 0. The molecule has 1 saturated heterocycles. The Morgan fingerprint density at radius 1 is 1.44 bits per heavy atom.